The average molecular weight is 325 g/mol. The van der Waals surface area contributed by atoms with Gasteiger partial charge in [-0.3, -0.25) is 0 Å². The van der Waals surface area contributed by atoms with E-state index in [1.165, 1.54) is 0 Å². The minimum Gasteiger partial charge on any atom is -0.389 e. The van der Waals surface area contributed by atoms with Crippen LogP contribution >= 0.6 is 0 Å². The first-order valence-corrected chi connectivity index (χ1v) is 9.38. The molecule has 3 saturated carbocycles. The van der Waals surface area contributed by atoms with Crippen molar-refractivity contribution in [2.45, 2.75) is 104 Å². The van der Waals surface area contributed by atoms with Gasteiger partial charge in [0.05, 0.1) is 11.2 Å². The molecule has 2 N–H and O–H groups in total. The molecule has 0 heterocycles. The lowest BCUT2D eigenvalue weighted by Gasteiger charge is -2.44. The Kier molecular flexibility index (Phi) is 3.81. The highest BCUT2D eigenvalue weighted by Crippen LogP contribution is 2.75. The first-order chi connectivity index (χ1) is 10.3. The van der Waals surface area contributed by atoms with Gasteiger partial charge in [-0.25, -0.2) is 0 Å². The molecule has 23 heavy (non-hydrogen) atoms. The Balaban J connectivity index is 1.73. The monoisotopic (exact) mass is 324 g/mol. The summed E-state index contributed by atoms with van der Waals surface area (Å²) in [6, 6.07) is 0. The molecule has 0 aliphatic heterocycles. The molecule has 2 bridgehead atoms. The van der Waals surface area contributed by atoms with E-state index >= 15 is 0 Å². The standard InChI is InChI=1S/C20H36O3/c1-16(2,3)10-14(17(4,5)6)15(21)23-19-9-7-8-18(11-19)12-20(18,22)13-19/h14-15,21-22H,7-13H2,1-6H3. The largest absolute Gasteiger partial charge is 0.389 e. The predicted molar refractivity (Wildman–Crippen MR) is 91.9 cm³/mol. The average Bonchev–Trinajstić information content (AvgIpc) is 2.79. The van der Waals surface area contributed by atoms with E-state index in [1.54, 1.807) is 0 Å². The van der Waals surface area contributed by atoms with Crippen molar-refractivity contribution in [3.05, 3.63) is 0 Å². The SMILES string of the molecule is CC(C)(C)CC(C(O)OC12CCCC3(C1)CC3(O)C2)C(C)(C)C. The molecule has 5 unspecified atom stereocenters. The number of hydrogen-bond acceptors (Lipinski definition) is 3. The van der Waals surface area contributed by atoms with Gasteiger partial charge in [0.1, 0.15) is 0 Å². The third-order valence-electron chi connectivity index (χ3n) is 6.72. The van der Waals surface area contributed by atoms with Crippen molar-refractivity contribution in [2.24, 2.45) is 22.2 Å². The summed E-state index contributed by atoms with van der Waals surface area (Å²) < 4.78 is 6.36. The minimum absolute atomic E-state index is 0.00584. The van der Waals surface area contributed by atoms with Crippen LogP contribution in [-0.4, -0.2) is 27.7 Å². The molecule has 0 amide bonds. The van der Waals surface area contributed by atoms with Gasteiger partial charge in [0.25, 0.3) is 0 Å². The summed E-state index contributed by atoms with van der Waals surface area (Å²) in [5, 5.41) is 21.7. The van der Waals surface area contributed by atoms with Crippen molar-refractivity contribution in [3.8, 4) is 0 Å². The Bertz CT molecular complexity index is 470. The van der Waals surface area contributed by atoms with Crippen molar-refractivity contribution in [3.63, 3.8) is 0 Å². The number of ether oxygens (including phenoxy) is 1. The molecule has 0 aromatic heterocycles. The van der Waals surface area contributed by atoms with E-state index in [2.05, 4.69) is 41.5 Å². The molecule has 0 radical (unpaired) electrons. The predicted octanol–water partition coefficient (Wildman–Crippen LogP) is 4.26. The smallest absolute Gasteiger partial charge is 0.158 e. The maximum atomic E-state index is 11.0. The van der Waals surface area contributed by atoms with Gasteiger partial charge in [-0.1, -0.05) is 41.5 Å². The number of aliphatic hydroxyl groups is 2. The fourth-order valence-corrected chi connectivity index (χ4v) is 5.51. The van der Waals surface area contributed by atoms with Crippen molar-refractivity contribution >= 4 is 0 Å². The number of rotatable bonds is 4. The Morgan fingerprint density at radius 1 is 1.00 bits per heavy atom. The summed E-state index contributed by atoms with van der Waals surface area (Å²) in [6.45, 7) is 13.2. The maximum absolute atomic E-state index is 11.0. The van der Waals surface area contributed by atoms with Gasteiger partial charge in [0, 0.05) is 17.8 Å². The summed E-state index contributed by atoms with van der Waals surface area (Å²) in [4.78, 5) is 0. The van der Waals surface area contributed by atoms with Gasteiger partial charge < -0.3 is 14.9 Å². The lowest BCUT2D eigenvalue weighted by atomic mass is 9.71. The van der Waals surface area contributed by atoms with E-state index in [0.717, 1.165) is 44.9 Å². The second-order valence-electron chi connectivity index (χ2n) is 11.1. The van der Waals surface area contributed by atoms with Crippen molar-refractivity contribution in [1.29, 1.82) is 0 Å². The van der Waals surface area contributed by atoms with Crippen molar-refractivity contribution in [1.82, 2.24) is 0 Å². The molecule has 3 fully saturated rings. The third-order valence-corrected chi connectivity index (χ3v) is 6.72. The van der Waals surface area contributed by atoms with Crippen LogP contribution in [0.4, 0.5) is 0 Å². The van der Waals surface area contributed by atoms with Crippen LogP contribution in [0, 0.1) is 22.2 Å². The van der Waals surface area contributed by atoms with Crippen LogP contribution in [0.1, 0.15) is 86.5 Å². The van der Waals surface area contributed by atoms with Gasteiger partial charge in [-0.2, -0.15) is 0 Å². The fraction of sp³-hybridized carbons (Fsp3) is 1.00. The molecule has 134 valence electrons. The lowest BCUT2D eigenvalue weighted by Crippen LogP contribution is -2.45. The lowest BCUT2D eigenvalue weighted by molar-refractivity contribution is -0.237. The molecule has 0 aromatic carbocycles. The first kappa shape index (κ1) is 17.7. The molecule has 1 spiro atoms. The summed E-state index contributed by atoms with van der Waals surface area (Å²) in [5.74, 6) is 0.0984. The minimum atomic E-state index is -0.745. The Morgan fingerprint density at radius 2 is 1.65 bits per heavy atom. The molecule has 0 saturated heterocycles. The van der Waals surface area contributed by atoms with Gasteiger partial charge in [0.15, 0.2) is 6.29 Å². The van der Waals surface area contributed by atoms with Crippen LogP contribution < -0.4 is 0 Å². The quantitative estimate of drug-likeness (QED) is 0.760. The van der Waals surface area contributed by atoms with Crippen LogP contribution in [0.15, 0.2) is 0 Å². The molecule has 5 atom stereocenters. The van der Waals surface area contributed by atoms with E-state index in [4.69, 9.17) is 4.74 Å². The molecule has 0 aromatic rings. The van der Waals surface area contributed by atoms with E-state index < -0.39 is 11.9 Å². The third kappa shape index (κ3) is 3.09. The summed E-state index contributed by atoms with van der Waals surface area (Å²) in [5.41, 5.74) is -0.513. The van der Waals surface area contributed by atoms with Crippen LogP contribution in [0.25, 0.3) is 0 Å². The van der Waals surface area contributed by atoms with E-state index in [0.29, 0.717) is 0 Å². The second-order valence-corrected chi connectivity index (χ2v) is 11.1. The summed E-state index contributed by atoms with van der Waals surface area (Å²) in [6.07, 6.45) is 6.05. The molecule has 3 heteroatoms. The number of hydrogen-bond donors (Lipinski definition) is 2. The maximum Gasteiger partial charge on any atom is 0.158 e. The summed E-state index contributed by atoms with van der Waals surface area (Å²) >= 11 is 0. The highest BCUT2D eigenvalue weighted by Gasteiger charge is 2.77. The van der Waals surface area contributed by atoms with Gasteiger partial charge >= 0.3 is 0 Å². The van der Waals surface area contributed by atoms with Crippen LogP contribution in [0.2, 0.25) is 0 Å². The normalized spacial score (nSPS) is 42.3. The van der Waals surface area contributed by atoms with E-state index in [1.807, 2.05) is 0 Å². The van der Waals surface area contributed by atoms with Crippen LogP contribution in [-0.2, 0) is 4.74 Å². The van der Waals surface area contributed by atoms with Crippen molar-refractivity contribution < 1.29 is 14.9 Å². The number of aliphatic hydroxyl groups excluding tert-OH is 1. The zero-order valence-corrected chi connectivity index (χ0v) is 15.9. The van der Waals surface area contributed by atoms with Crippen LogP contribution in [0.5, 0.6) is 0 Å². The molecule has 3 aliphatic rings. The van der Waals surface area contributed by atoms with Crippen LogP contribution in [0.3, 0.4) is 0 Å². The van der Waals surface area contributed by atoms with Gasteiger partial charge in [-0.05, 0) is 49.4 Å². The molecule has 3 nitrogen and oxygen atoms in total. The number of fused-ring (bicyclic) bond motifs is 1. The molecular weight excluding hydrogens is 288 g/mol. The highest BCUT2D eigenvalue weighted by molar-refractivity contribution is 5.28. The molecule has 3 rings (SSSR count). The summed E-state index contributed by atoms with van der Waals surface area (Å²) in [7, 11) is 0. The molecule has 3 aliphatic carbocycles. The second kappa shape index (κ2) is 4.95. The fourth-order valence-electron chi connectivity index (χ4n) is 5.51. The first-order valence-electron chi connectivity index (χ1n) is 9.38. The Hall–Kier alpha value is -0.120. The highest BCUT2D eigenvalue weighted by atomic mass is 16.6. The topological polar surface area (TPSA) is 49.7 Å². The van der Waals surface area contributed by atoms with E-state index in [-0.39, 0.29) is 27.8 Å². The van der Waals surface area contributed by atoms with E-state index in [9.17, 15) is 10.2 Å². The van der Waals surface area contributed by atoms with Gasteiger partial charge in [0.2, 0.25) is 0 Å². The Morgan fingerprint density at radius 3 is 2.22 bits per heavy atom. The zero-order valence-electron chi connectivity index (χ0n) is 15.9. The Labute approximate surface area is 141 Å². The van der Waals surface area contributed by atoms with Crippen molar-refractivity contribution in [2.75, 3.05) is 0 Å². The van der Waals surface area contributed by atoms with Gasteiger partial charge in [-0.15, -0.1) is 0 Å². The molecular formula is C20H36O3. The zero-order chi connectivity index (χ0) is 17.3.